The third-order valence-corrected chi connectivity index (χ3v) is 6.61. The zero-order chi connectivity index (χ0) is 23.7. The molecule has 0 amide bonds. The standard InChI is InChI=1S/C25H26ClF2N5O/c1-17-16-32(23-5-3-2-4-21(23)28)8-9-33(17)24-15-22(18-6-7-20(27)19(26)14-18)29-25(30-24)31-10-12-34-13-11-31/h2-7,14-15,17H,8-13,16H2,1H3. The average Bonchev–Trinajstić information content (AvgIpc) is 2.86. The molecule has 3 aromatic rings. The van der Waals surface area contributed by atoms with E-state index in [9.17, 15) is 8.78 Å². The topological polar surface area (TPSA) is 44.7 Å². The Morgan fingerprint density at radius 1 is 0.912 bits per heavy atom. The van der Waals surface area contributed by atoms with Crippen molar-refractivity contribution in [3.05, 3.63) is 65.2 Å². The minimum atomic E-state index is -0.467. The van der Waals surface area contributed by atoms with E-state index in [1.807, 2.05) is 18.2 Å². The first-order chi connectivity index (χ1) is 16.5. The van der Waals surface area contributed by atoms with Gasteiger partial charge in [0.1, 0.15) is 17.5 Å². The van der Waals surface area contributed by atoms with Crippen LogP contribution < -0.4 is 14.7 Å². The number of piperazine rings is 1. The Hall–Kier alpha value is -2.97. The molecule has 1 atom stereocenters. The van der Waals surface area contributed by atoms with Crippen molar-refractivity contribution in [2.75, 3.05) is 60.6 Å². The largest absolute Gasteiger partial charge is 0.378 e. The summed E-state index contributed by atoms with van der Waals surface area (Å²) in [5.74, 6) is 0.717. The molecule has 2 aliphatic heterocycles. The lowest BCUT2D eigenvalue weighted by atomic mass is 10.1. The van der Waals surface area contributed by atoms with Crippen molar-refractivity contribution in [1.29, 1.82) is 0 Å². The monoisotopic (exact) mass is 485 g/mol. The maximum atomic E-state index is 14.4. The Bertz CT molecular complexity index is 1170. The Kier molecular flexibility index (Phi) is 6.52. The molecule has 0 bridgehead atoms. The van der Waals surface area contributed by atoms with Crippen molar-refractivity contribution in [2.45, 2.75) is 13.0 Å². The molecule has 2 fully saturated rings. The molecular formula is C25H26ClF2N5O. The predicted octanol–water partition coefficient (Wildman–Crippen LogP) is 4.63. The summed E-state index contributed by atoms with van der Waals surface area (Å²) in [4.78, 5) is 16.1. The molecule has 178 valence electrons. The van der Waals surface area contributed by atoms with Gasteiger partial charge in [-0.3, -0.25) is 0 Å². The molecule has 5 rings (SSSR count). The van der Waals surface area contributed by atoms with E-state index in [0.29, 0.717) is 63.3 Å². The Labute approximate surface area is 202 Å². The molecule has 0 spiro atoms. The third-order valence-electron chi connectivity index (χ3n) is 6.33. The predicted molar refractivity (Wildman–Crippen MR) is 131 cm³/mol. The van der Waals surface area contributed by atoms with Gasteiger partial charge < -0.3 is 19.4 Å². The van der Waals surface area contributed by atoms with Crippen LogP contribution in [-0.2, 0) is 4.74 Å². The highest BCUT2D eigenvalue weighted by Crippen LogP contribution is 2.31. The number of ether oxygens (including phenoxy) is 1. The van der Waals surface area contributed by atoms with Gasteiger partial charge in [0.2, 0.25) is 5.95 Å². The van der Waals surface area contributed by atoms with Crippen LogP contribution in [0.25, 0.3) is 11.3 Å². The summed E-state index contributed by atoms with van der Waals surface area (Å²) in [5, 5.41) is 0.0532. The van der Waals surface area contributed by atoms with Crippen molar-refractivity contribution in [2.24, 2.45) is 0 Å². The van der Waals surface area contributed by atoms with Gasteiger partial charge in [0, 0.05) is 50.4 Å². The van der Waals surface area contributed by atoms with E-state index in [-0.39, 0.29) is 16.9 Å². The van der Waals surface area contributed by atoms with Gasteiger partial charge in [-0.2, -0.15) is 4.98 Å². The van der Waals surface area contributed by atoms with Crippen molar-refractivity contribution in [3.8, 4) is 11.3 Å². The molecule has 2 aliphatic rings. The second kappa shape index (κ2) is 9.72. The van der Waals surface area contributed by atoms with Gasteiger partial charge in [-0.05, 0) is 37.3 Å². The fourth-order valence-corrected chi connectivity index (χ4v) is 4.68. The normalized spacial score (nSPS) is 18.9. The van der Waals surface area contributed by atoms with Crippen LogP contribution in [-0.4, -0.2) is 61.9 Å². The van der Waals surface area contributed by atoms with Crippen LogP contribution in [0.2, 0.25) is 5.02 Å². The average molecular weight is 486 g/mol. The van der Waals surface area contributed by atoms with E-state index in [0.717, 1.165) is 11.4 Å². The molecule has 2 saturated heterocycles. The lowest BCUT2D eigenvalue weighted by Gasteiger charge is -2.42. The van der Waals surface area contributed by atoms with Gasteiger partial charge in [0.05, 0.1) is 29.6 Å². The Morgan fingerprint density at radius 2 is 1.71 bits per heavy atom. The van der Waals surface area contributed by atoms with Gasteiger partial charge in [-0.15, -0.1) is 0 Å². The molecule has 6 nitrogen and oxygen atoms in total. The fourth-order valence-electron chi connectivity index (χ4n) is 4.50. The van der Waals surface area contributed by atoms with Crippen LogP contribution in [0.5, 0.6) is 0 Å². The molecule has 9 heteroatoms. The molecule has 0 N–H and O–H groups in total. The number of hydrogen-bond acceptors (Lipinski definition) is 6. The molecule has 0 aliphatic carbocycles. The SMILES string of the molecule is CC1CN(c2ccccc2F)CCN1c1cc(-c2ccc(F)c(Cl)c2)nc(N2CCOCC2)n1. The molecule has 1 unspecified atom stereocenters. The number of nitrogens with zero attached hydrogens (tertiary/aromatic N) is 5. The van der Waals surface area contributed by atoms with Crippen LogP contribution in [0.15, 0.2) is 48.5 Å². The van der Waals surface area contributed by atoms with Crippen molar-refractivity contribution in [3.63, 3.8) is 0 Å². The number of para-hydroxylation sites is 1. The zero-order valence-electron chi connectivity index (χ0n) is 18.9. The maximum Gasteiger partial charge on any atom is 0.228 e. The van der Waals surface area contributed by atoms with Crippen molar-refractivity contribution in [1.82, 2.24) is 9.97 Å². The summed E-state index contributed by atoms with van der Waals surface area (Å²) in [5.41, 5.74) is 2.02. The second-order valence-electron chi connectivity index (χ2n) is 8.58. The van der Waals surface area contributed by atoms with Gasteiger partial charge in [0.25, 0.3) is 0 Å². The smallest absolute Gasteiger partial charge is 0.228 e. The first-order valence-corrected chi connectivity index (χ1v) is 11.8. The minimum absolute atomic E-state index is 0.0532. The highest BCUT2D eigenvalue weighted by atomic mass is 35.5. The van der Waals surface area contributed by atoms with E-state index in [1.165, 1.54) is 12.1 Å². The summed E-state index contributed by atoms with van der Waals surface area (Å²) in [7, 11) is 0. The van der Waals surface area contributed by atoms with E-state index in [4.69, 9.17) is 26.3 Å². The van der Waals surface area contributed by atoms with E-state index < -0.39 is 5.82 Å². The summed E-state index contributed by atoms with van der Waals surface area (Å²) >= 11 is 6.06. The van der Waals surface area contributed by atoms with Crippen molar-refractivity contribution < 1.29 is 13.5 Å². The fraction of sp³-hybridized carbons (Fsp3) is 0.360. The van der Waals surface area contributed by atoms with Gasteiger partial charge in [-0.1, -0.05) is 23.7 Å². The first kappa shape index (κ1) is 22.8. The maximum absolute atomic E-state index is 14.4. The number of aromatic nitrogens is 2. The molecule has 1 aromatic heterocycles. The van der Waals surface area contributed by atoms with Crippen LogP contribution >= 0.6 is 11.6 Å². The number of morpholine rings is 1. The van der Waals surface area contributed by atoms with Crippen LogP contribution in [0.1, 0.15) is 6.92 Å². The molecule has 0 radical (unpaired) electrons. The Morgan fingerprint density at radius 3 is 2.44 bits per heavy atom. The van der Waals surface area contributed by atoms with Crippen LogP contribution in [0.4, 0.5) is 26.2 Å². The lowest BCUT2D eigenvalue weighted by Crippen LogP contribution is -2.52. The zero-order valence-corrected chi connectivity index (χ0v) is 19.7. The number of rotatable bonds is 4. The highest BCUT2D eigenvalue weighted by molar-refractivity contribution is 6.31. The summed E-state index contributed by atoms with van der Waals surface area (Å²) in [6.07, 6.45) is 0. The molecule has 2 aromatic carbocycles. The lowest BCUT2D eigenvalue weighted by molar-refractivity contribution is 0.122. The van der Waals surface area contributed by atoms with Crippen molar-refractivity contribution >= 4 is 29.1 Å². The van der Waals surface area contributed by atoms with Gasteiger partial charge in [-0.25, -0.2) is 13.8 Å². The van der Waals surface area contributed by atoms with Gasteiger partial charge >= 0.3 is 0 Å². The number of benzene rings is 2. The molecule has 34 heavy (non-hydrogen) atoms. The van der Waals surface area contributed by atoms with Crippen LogP contribution in [0, 0.1) is 11.6 Å². The summed E-state index contributed by atoms with van der Waals surface area (Å²) < 4.78 is 33.6. The molecule has 0 saturated carbocycles. The highest BCUT2D eigenvalue weighted by Gasteiger charge is 2.28. The van der Waals surface area contributed by atoms with Gasteiger partial charge in [0.15, 0.2) is 0 Å². The van der Waals surface area contributed by atoms with E-state index in [2.05, 4.69) is 21.6 Å². The number of anilines is 3. The van der Waals surface area contributed by atoms with E-state index >= 15 is 0 Å². The number of hydrogen-bond donors (Lipinski definition) is 0. The van der Waals surface area contributed by atoms with E-state index in [1.54, 1.807) is 18.2 Å². The molecular weight excluding hydrogens is 460 g/mol. The summed E-state index contributed by atoms with van der Waals surface area (Å²) in [6, 6.07) is 13.5. The first-order valence-electron chi connectivity index (χ1n) is 11.4. The Balaban J connectivity index is 1.47. The molecule has 3 heterocycles. The third kappa shape index (κ3) is 4.65. The second-order valence-corrected chi connectivity index (χ2v) is 8.99. The minimum Gasteiger partial charge on any atom is -0.378 e. The summed E-state index contributed by atoms with van der Waals surface area (Å²) in [6.45, 7) is 6.74. The quantitative estimate of drug-likeness (QED) is 0.537. The van der Waals surface area contributed by atoms with Crippen LogP contribution in [0.3, 0.4) is 0 Å². The number of halogens is 3.